The maximum Gasteiger partial charge on any atom is 0.337 e. The number of fused-ring (bicyclic) bond motifs is 1. The Kier molecular flexibility index (Phi) is 4.10. The SMILES string of the molecule is COc1cc2cccc(C)c2c(OC(=O)CO)c1OC. The van der Waals surface area contributed by atoms with E-state index in [1.807, 2.05) is 31.2 Å². The molecule has 0 heterocycles. The van der Waals surface area contributed by atoms with Crippen LogP contribution in [0.1, 0.15) is 5.56 Å². The molecular formula is C15H16O5. The van der Waals surface area contributed by atoms with Crippen molar-refractivity contribution in [1.29, 1.82) is 0 Å². The maximum absolute atomic E-state index is 11.4. The van der Waals surface area contributed by atoms with Gasteiger partial charge < -0.3 is 19.3 Å². The van der Waals surface area contributed by atoms with Crippen LogP contribution in [0.5, 0.6) is 17.2 Å². The first-order chi connectivity index (χ1) is 9.62. The summed E-state index contributed by atoms with van der Waals surface area (Å²) in [5.41, 5.74) is 0.934. The Morgan fingerprint density at radius 1 is 1.20 bits per heavy atom. The predicted octanol–water partition coefficient (Wildman–Crippen LogP) is 2.06. The van der Waals surface area contributed by atoms with Gasteiger partial charge in [0.1, 0.15) is 6.61 Å². The van der Waals surface area contributed by atoms with E-state index in [0.29, 0.717) is 11.5 Å². The zero-order valence-corrected chi connectivity index (χ0v) is 11.6. The molecule has 5 nitrogen and oxygen atoms in total. The van der Waals surface area contributed by atoms with E-state index in [1.165, 1.54) is 14.2 Å². The number of carbonyl (C=O) groups is 1. The van der Waals surface area contributed by atoms with Crippen molar-refractivity contribution in [3.63, 3.8) is 0 Å². The average molecular weight is 276 g/mol. The minimum Gasteiger partial charge on any atom is -0.493 e. The fraction of sp³-hybridized carbons (Fsp3) is 0.267. The van der Waals surface area contributed by atoms with E-state index < -0.39 is 12.6 Å². The van der Waals surface area contributed by atoms with Crippen LogP contribution in [0.2, 0.25) is 0 Å². The molecule has 1 N–H and O–H groups in total. The number of aliphatic hydroxyl groups is 1. The molecule has 0 saturated heterocycles. The standard InChI is InChI=1S/C15H16O5/c1-9-5-4-6-10-7-11(18-2)14(19-3)15(13(9)10)20-12(17)8-16/h4-7,16H,8H2,1-3H3. The van der Waals surface area contributed by atoms with Crippen LogP contribution in [0.25, 0.3) is 10.8 Å². The summed E-state index contributed by atoms with van der Waals surface area (Å²) in [4.78, 5) is 11.4. The van der Waals surface area contributed by atoms with E-state index in [4.69, 9.17) is 19.3 Å². The van der Waals surface area contributed by atoms with E-state index >= 15 is 0 Å². The smallest absolute Gasteiger partial charge is 0.337 e. The van der Waals surface area contributed by atoms with Crippen LogP contribution in [0.15, 0.2) is 24.3 Å². The number of aryl methyl sites for hydroxylation is 1. The van der Waals surface area contributed by atoms with Gasteiger partial charge in [0, 0.05) is 5.39 Å². The number of methoxy groups -OCH3 is 2. The lowest BCUT2D eigenvalue weighted by Crippen LogP contribution is -2.13. The van der Waals surface area contributed by atoms with Crippen molar-refractivity contribution >= 4 is 16.7 Å². The number of ether oxygens (including phenoxy) is 3. The van der Waals surface area contributed by atoms with Gasteiger partial charge in [-0.05, 0) is 23.9 Å². The summed E-state index contributed by atoms with van der Waals surface area (Å²) in [6, 6.07) is 7.52. The number of hydrogen-bond donors (Lipinski definition) is 1. The number of rotatable bonds is 4. The van der Waals surface area contributed by atoms with Gasteiger partial charge in [-0.1, -0.05) is 18.2 Å². The molecule has 2 rings (SSSR count). The van der Waals surface area contributed by atoms with Crippen molar-refractivity contribution in [3.8, 4) is 17.2 Å². The summed E-state index contributed by atoms with van der Waals surface area (Å²) in [6.45, 7) is 1.21. The fourth-order valence-corrected chi connectivity index (χ4v) is 2.14. The third-order valence-electron chi connectivity index (χ3n) is 3.02. The van der Waals surface area contributed by atoms with Gasteiger partial charge in [0.2, 0.25) is 5.75 Å². The summed E-state index contributed by atoms with van der Waals surface area (Å²) in [7, 11) is 2.98. The number of carbonyl (C=O) groups excluding carboxylic acids is 1. The average Bonchev–Trinajstić information content (AvgIpc) is 2.46. The first kappa shape index (κ1) is 14.1. The highest BCUT2D eigenvalue weighted by Gasteiger charge is 2.20. The molecule has 0 spiro atoms. The van der Waals surface area contributed by atoms with Crippen molar-refractivity contribution in [2.24, 2.45) is 0 Å². The molecule has 20 heavy (non-hydrogen) atoms. The van der Waals surface area contributed by atoms with Crippen LogP contribution < -0.4 is 14.2 Å². The second kappa shape index (κ2) is 5.79. The molecule has 0 fully saturated rings. The summed E-state index contributed by atoms with van der Waals surface area (Å²) < 4.78 is 15.8. The second-order valence-electron chi connectivity index (χ2n) is 4.25. The number of hydrogen-bond acceptors (Lipinski definition) is 5. The minimum absolute atomic E-state index is 0.263. The molecule has 0 saturated carbocycles. The molecule has 0 atom stereocenters. The van der Waals surface area contributed by atoms with Crippen molar-refractivity contribution in [1.82, 2.24) is 0 Å². The van der Waals surface area contributed by atoms with Crippen molar-refractivity contribution in [2.45, 2.75) is 6.92 Å². The Hall–Kier alpha value is -2.27. The maximum atomic E-state index is 11.4. The van der Waals surface area contributed by atoms with Crippen LogP contribution in [-0.4, -0.2) is 31.9 Å². The molecule has 0 aromatic heterocycles. The molecule has 0 aliphatic carbocycles. The van der Waals surface area contributed by atoms with Crippen LogP contribution >= 0.6 is 0 Å². The number of aliphatic hydroxyl groups excluding tert-OH is 1. The molecule has 5 heteroatoms. The highest BCUT2D eigenvalue weighted by molar-refractivity contribution is 5.97. The van der Waals surface area contributed by atoms with E-state index in [1.54, 1.807) is 0 Å². The van der Waals surface area contributed by atoms with E-state index in [0.717, 1.165) is 16.3 Å². The molecule has 0 unspecified atom stereocenters. The largest absolute Gasteiger partial charge is 0.493 e. The zero-order chi connectivity index (χ0) is 14.7. The molecule has 106 valence electrons. The highest BCUT2D eigenvalue weighted by atomic mass is 16.6. The van der Waals surface area contributed by atoms with Crippen molar-refractivity contribution < 1.29 is 24.1 Å². The van der Waals surface area contributed by atoms with Gasteiger partial charge in [-0.2, -0.15) is 0 Å². The third-order valence-corrected chi connectivity index (χ3v) is 3.02. The molecule has 0 radical (unpaired) electrons. The molecule has 0 amide bonds. The van der Waals surface area contributed by atoms with E-state index in [-0.39, 0.29) is 5.75 Å². The minimum atomic E-state index is -0.749. The Bertz CT molecular complexity index is 648. The van der Waals surface area contributed by atoms with Crippen molar-refractivity contribution in [2.75, 3.05) is 20.8 Å². The molecule has 0 aliphatic rings. The van der Waals surface area contributed by atoms with E-state index in [2.05, 4.69) is 0 Å². The summed E-state index contributed by atoms with van der Waals surface area (Å²) in [5.74, 6) is 0.308. The van der Waals surface area contributed by atoms with E-state index in [9.17, 15) is 4.79 Å². The van der Waals surface area contributed by atoms with Crippen LogP contribution in [-0.2, 0) is 4.79 Å². The zero-order valence-electron chi connectivity index (χ0n) is 11.6. The Balaban J connectivity index is 2.79. The van der Waals surface area contributed by atoms with Gasteiger partial charge in [0.05, 0.1) is 14.2 Å². The van der Waals surface area contributed by atoms with Gasteiger partial charge in [-0.15, -0.1) is 0 Å². The lowest BCUT2D eigenvalue weighted by Gasteiger charge is -2.16. The summed E-state index contributed by atoms with van der Waals surface area (Å²) >= 11 is 0. The topological polar surface area (TPSA) is 65.0 Å². The summed E-state index contributed by atoms with van der Waals surface area (Å²) in [6.07, 6.45) is 0. The Morgan fingerprint density at radius 2 is 1.95 bits per heavy atom. The van der Waals surface area contributed by atoms with Gasteiger partial charge in [-0.3, -0.25) is 0 Å². The molecule has 0 bridgehead atoms. The number of esters is 1. The molecule has 2 aromatic carbocycles. The summed E-state index contributed by atoms with van der Waals surface area (Å²) in [5, 5.41) is 10.5. The predicted molar refractivity (Wildman–Crippen MR) is 74.5 cm³/mol. The lowest BCUT2D eigenvalue weighted by atomic mass is 10.0. The second-order valence-corrected chi connectivity index (χ2v) is 4.25. The van der Waals surface area contributed by atoms with Gasteiger partial charge >= 0.3 is 5.97 Å². The van der Waals surface area contributed by atoms with Gasteiger partial charge in [0.25, 0.3) is 0 Å². The molecule has 2 aromatic rings. The first-order valence-corrected chi connectivity index (χ1v) is 6.08. The Labute approximate surface area is 116 Å². The molecular weight excluding hydrogens is 260 g/mol. The number of benzene rings is 2. The van der Waals surface area contributed by atoms with Crippen LogP contribution in [0.3, 0.4) is 0 Å². The van der Waals surface area contributed by atoms with Gasteiger partial charge in [-0.25, -0.2) is 4.79 Å². The lowest BCUT2D eigenvalue weighted by molar-refractivity contribution is -0.137. The van der Waals surface area contributed by atoms with Crippen LogP contribution in [0, 0.1) is 6.92 Å². The Morgan fingerprint density at radius 3 is 2.55 bits per heavy atom. The van der Waals surface area contributed by atoms with Gasteiger partial charge in [0.15, 0.2) is 11.5 Å². The normalized spacial score (nSPS) is 10.4. The van der Waals surface area contributed by atoms with Crippen molar-refractivity contribution in [3.05, 3.63) is 29.8 Å². The monoisotopic (exact) mass is 276 g/mol. The highest BCUT2D eigenvalue weighted by Crippen LogP contribution is 2.44. The first-order valence-electron chi connectivity index (χ1n) is 6.08. The molecule has 0 aliphatic heterocycles. The van der Waals surface area contributed by atoms with Crippen LogP contribution in [0.4, 0.5) is 0 Å². The fourth-order valence-electron chi connectivity index (χ4n) is 2.14. The quantitative estimate of drug-likeness (QED) is 0.684. The third kappa shape index (κ3) is 2.40.